The van der Waals surface area contributed by atoms with Crippen LogP contribution >= 0.6 is 0 Å². The van der Waals surface area contributed by atoms with Gasteiger partial charge in [-0.05, 0) is 56.4 Å². The van der Waals surface area contributed by atoms with Crippen LogP contribution < -0.4 is 5.32 Å². The molecule has 0 unspecified atom stereocenters. The van der Waals surface area contributed by atoms with E-state index in [-0.39, 0.29) is 11.8 Å². The molecule has 6 nitrogen and oxygen atoms in total. The Morgan fingerprint density at radius 1 is 1.08 bits per heavy atom. The second-order valence-electron chi connectivity index (χ2n) is 6.64. The molecular formula is C19H24N4O2. The smallest absolute Gasteiger partial charge is 0.274 e. The zero-order valence-electron chi connectivity index (χ0n) is 15.0. The van der Waals surface area contributed by atoms with Gasteiger partial charge in [0.15, 0.2) is 0 Å². The van der Waals surface area contributed by atoms with Crippen LogP contribution in [-0.4, -0.2) is 39.6 Å². The molecule has 1 aliphatic rings. The third kappa shape index (κ3) is 3.57. The normalized spacial score (nSPS) is 14.4. The highest BCUT2D eigenvalue weighted by Gasteiger charge is 2.25. The van der Waals surface area contributed by atoms with Crippen LogP contribution in [0.25, 0.3) is 0 Å². The molecule has 0 bridgehead atoms. The molecule has 2 amide bonds. The van der Waals surface area contributed by atoms with E-state index in [0.29, 0.717) is 16.9 Å². The predicted molar refractivity (Wildman–Crippen MR) is 96.8 cm³/mol. The Morgan fingerprint density at radius 2 is 1.80 bits per heavy atom. The van der Waals surface area contributed by atoms with Gasteiger partial charge in [0, 0.05) is 25.7 Å². The molecule has 0 radical (unpaired) electrons. The van der Waals surface area contributed by atoms with Crippen LogP contribution in [0.1, 0.15) is 51.2 Å². The molecule has 0 aliphatic carbocycles. The fraction of sp³-hybridized carbons (Fsp3) is 0.421. The van der Waals surface area contributed by atoms with Gasteiger partial charge in [0.2, 0.25) is 0 Å². The number of nitrogens with one attached hydrogen (secondary N) is 1. The highest BCUT2D eigenvalue weighted by Crippen LogP contribution is 2.20. The number of nitrogens with zero attached hydrogens (tertiary/aromatic N) is 3. The van der Waals surface area contributed by atoms with Crippen LogP contribution in [0.4, 0.5) is 5.69 Å². The van der Waals surface area contributed by atoms with Crippen molar-refractivity contribution in [3.63, 3.8) is 0 Å². The molecule has 25 heavy (non-hydrogen) atoms. The summed E-state index contributed by atoms with van der Waals surface area (Å²) in [6.45, 7) is 5.50. The number of anilines is 1. The van der Waals surface area contributed by atoms with Crippen molar-refractivity contribution in [2.24, 2.45) is 7.05 Å². The van der Waals surface area contributed by atoms with Crippen molar-refractivity contribution < 1.29 is 9.59 Å². The number of hydrogen-bond donors (Lipinski definition) is 1. The average molecular weight is 340 g/mol. The van der Waals surface area contributed by atoms with Crippen LogP contribution in [0.2, 0.25) is 0 Å². The second kappa shape index (κ2) is 7.09. The van der Waals surface area contributed by atoms with E-state index in [9.17, 15) is 9.59 Å². The van der Waals surface area contributed by atoms with E-state index < -0.39 is 0 Å². The lowest BCUT2D eigenvalue weighted by atomic mass is 10.1. The average Bonchev–Trinajstić information content (AvgIpc) is 2.97. The molecule has 1 aromatic heterocycles. The molecule has 1 N–H and O–H groups in total. The van der Waals surface area contributed by atoms with Crippen LogP contribution in [0.5, 0.6) is 0 Å². The van der Waals surface area contributed by atoms with Crippen LogP contribution in [0.3, 0.4) is 0 Å². The minimum absolute atomic E-state index is 0.0740. The zero-order valence-corrected chi connectivity index (χ0v) is 15.0. The van der Waals surface area contributed by atoms with Gasteiger partial charge < -0.3 is 10.2 Å². The fourth-order valence-electron chi connectivity index (χ4n) is 3.11. The number of carbonyl (C=O) groups is 2. The molecule has 1 saturated heterocycles. The first-order valence-electron chi connectivity index (χ1n) is 8.67. The number of rotatable bonds is 3. The fourth-order valence-corrected chi connectivity index (χ4v) is 3.11. The lowest BCUT2D eigenvalue weighted by Gasteiger charge is -2.27. The molecule has 2 aromatic rings. The first-order valence-corrected chi connectivity index (χ1v) is 8.67. The lowest BCUT2D eigenvalue weighted by molar-refractivity contribution is 0.0714. The maximum atomic E-state index is 12.8. The number of benzene rings is 1. The molecule has 2 heterocycles. The van der Waals surface area contributed by atoms with E-state index in [1.54, 1.807) is 13.1 Å². The SMILES string of the molecule is Cc1ccc(C(=O)Nc2cnn(C)c2C(=O)N2CCCCC2)cc1C. The van der Waals surface area contributed by atoms with Gasteiger partial charge >= 0.3 is 0 Å². The van der Waals surface area contributed by atoms with E-state index in [2.05, 4.69) is 10.4 Å². The molecule has 1 fully saturated rings. The van der Waals surface area contributed by atoms with Gasteiger partial charge in [-0.3, -0.25) is 14.3 Å². The summed E-state index contributed by atoms with van der Waals surface area (Å²) in [5.74, 6) is -0.307. The number of piperidine rings is 1. The van der Waals surface area contributed by atoms with Crippen molar-refractivity contribution in [3.05, 3.63) is 46.8 Å². The third-order valence-electron chi connectivity index (χ3n) is 4.80. The van der Waals surface area contributed by atoms with Crippen LogP contribution in [0.15, 0.2) is 24.4 Å². The second-order valence-corrected chi connectivity index (χ2v) is 6.64. The van der Waals surface area contributed by atoms with Crippen LogP contribution in [0, 0.1) is 13.8 Å². The molecule has 132 valence electrons. The lowest BCUT2D eigenvalue weighted by Crippen LogP contribution is -2.37. The number of hydrogen-bond acceptors (Lipinski definition) is 3. The van der Waals surface area contributed by atoms with Crippen molar-refractivity contribution in [2.75, 3.05) is 18.4 Å². The standard InChI is InChI=1S/C19H24N4O2/c1-13-7-8-15(11-14(13)2)18(24)21-16-12-20-22(3)17(16)19(25)23-9-5-4-6-10-23/h7-8,11-12H,4-6,9-10H2,1-3H3,(H,21,24). The van der Waals surface area contributed by atoms with Gasteiger partial charge in [0.05, 0.1) is 11.9 Å². The Labute approximate surface area is 147 Å². The molecule has 6 heteroatoms. The molecule has 1 aromatic carbocycles. The maximum absolute atomic E-state index is 12.8. The summed E-state index contributed by atoms with van der Waals surface area (Å²) in [5.41, 5.74) is 3.66. The quantitative estimate of drug-likeness (QED) is 0.934. The largest absolute Gasteiger partial charge is 0.337 e. The number of carbonyl (C=O) groups excluding carboxylic acids is 2. The maximum Gasteiger partial charge on any atom is 0.274 e. The Bertz CT molecular complexity index is 804. The molecule has 0 atom stereocenters. The number of aryl methyl sites for hydroxylation is 3. The van der Waals surface area contributed by atoms with E-state index in [4.69, 9.17) is 0 Å². The van der Waals surface area contributed by atoms with E-state index in [1.165, 1.54) is 10.9 Å². The van der Waals surface area contributed by atoms with Crippen molar-refractivity contribution in [1.82, 2.24) is 14.7 Å². The van der Waals surface area contributed by atoms with Gasteiger partial charge in [-0.1, -0.05) is 6.07 Å². The van der Waals surface area contributed by atoms with Crippen LogP contribution in [-0.2, 0) is 7.05 Å². The number of likely N-dealkylation sites (tertiary alicyclic amines) is 1. The van der Waals surface area contributed by atoms with Crippen molar-refractivity contribution in [3.8, 4) is 0 Å². The summed E-state index contributed by atoms with van der Waals surface area (Å²) in [5, 5.41) is 7.01. The van der Waals surface area contributed by atoms with Gasteiger partial charge in [-0.25, -0.2) is 0 Å². The summed E-state index contributed by atoms with van der Waals surface area (Å²) in [4.78, 5) is 27.2. The summed E-state index contributed by atoms with van der Waals surface area (Å²) in [7, 11) is 1.73. The van der Waals surface area contributed by atoms with Gasteiger partial charge in [0.1, 0.15) is 5.69 Å². The third-order valence-corrected chi connectivity index (χ3v) is 4.80. The summed E-state index contributed by atoms with van der Waals surface area (Å²) < 4.78 is 1.53. The van der Waals surface area contributed by atoms with E-state index >= 15 is 0 Å². The van der Waals surface area contributed by atoms with Crippen molar-refractivity contribution in [2.45, 2.75) is 33.1 Å². The number of aromatic nitrogens is 2. The number of amides is 2. The molecule has 0 saturated carbocycles. The Balaban J connectivity index is 1.82. The molecule has 0 spiro atoms. The highest BCUT2D eigenvalue weighted by molar-refractivity contribution is 6.08. The molecule has 3 rings (SSSR count). The predicted octanol–water partition coefficient (Wildman–Crippen LogP) is 2.92. The first kappa shape index (κ1) is 17.2. The van der Waals surface area contributed by atoms with E-state index in [0.717, 1.165) is 43.5 Å². The van der Waals surface area contributed by atoms with Gasteiger partial charge in [0.25, 0.3) is 11.8 Å². The van der Waals surface area contributed by atoms with Crippen molar-refractivity contribution in [1.29, 1.82) is 0 Å². The van der Waals surface area contributed by atoms with Gasteiger partial charge in [-0.2, -0.15) is 5.10 Å². The summed E-state index contributed by atoms with van der Waals surface area (Å²) in [6.07, 6.45) is 4.74. The highest BCUT2D eigenvalue weighted by atomic mass is 16.2. The van der Waals surface area contributed by atoms with E-state index in [1.807, 2.05) is 30.9 Å². The first-order chi connectivity index (χ1) is 12.0. The zero-order chi connectivity index (χ0) is 18.0. The summed E-state index contributed by atoms with van der Waals surface area (Å²) >= 11 is 0. The topological polar surface area (TPSA) is 67.2 Å². The monoisotopic (exact) mass is 340 g/mol. The Morgan fingerprint density at radius 3 is 2.48 bits per heavy atom. The minimum Gasteiger partial charge on any atom is -0.337 e. The Hall–Kier alpha value is -2.63. The van der Waals surface area contributed by atoms with Crippen molar-refractivity contribution >= 4 is 17.5 Å². The Kier molecular flexibility index (Phi) is 4.88. The summed E-state index contributed by atoms with van der Waals surface area (Å²) in [6, 6.07) is 5.57. The minimum atomic E-state index is -0.233. The van der Waals surface area contributed by atoms with Gasteiger partial charge in [-0.15, -0.1) is 0 Å². The molecule has 1 aliphatic heterocycles. The molecular weight excluding hydrogens is 316 g/mol.